The van der Waals surface area contributed by atoms with Gasteiger partial charge < -0.3 is 5.32 Å². The van der Waals surface area contributed by atoms with Crippen molar-refractivity contribution in [3.05, 3.63) is 22.9 Å². The van der Waals surface area contributed by atoms with E-state index in [0.717, 1.165) is 32.0 Å². The van der Waals surface area contributed by atoms with Gasteiger partial charge in [0.2, 0.25) is 0 Å². The zero-order valence-corrected chi connectivity index (χ0v) is 12.9. The molecule has 1 N–H and O–H groups in total. The zero-order valence-electron chi connectivity index (χ0n) is 12.9. The minimum Gasteiger partial charge on any atom is -0.312 e. The molecule has 1 heterocycles. The van der Waals surface area contributed by atoms with E-state index in [-0.39, 0.29) is 5.69 Å². The van der Waals surface area contributed by atoms with Crippen LogP contribution in [0.25, 0.3) is 0 Å². The van der Waals surface area contributed by atoms with Gasteiger partial charge in [0.25, 0.3) is 0 Å². The molecular weight excluding hydrogens is 238 g/mol. The standard InChI is InChI=1S/C15H29N3O/c1-5-9-17-11-12-18(15(17)19)10-8-16-14(4)7-6-13(2)3/h11-14,16H,5-10H2,1-4H3. The van der Waals surface area contributed by atoms with E-state index in [9.17, 15) is 4.79 Å². The largest absolute Gasteiger partial charge is 0.328 e. The topological polar surface area (TPSA) is 39.0 Å². The predicted molar refractivity (Wildman–Crippen MR) is 80.5 cm³/mol. The number of hydrogen-bond donors (Lipinski definition) is 1. The van der Waals surface area contributed by atoms with Gasteiger partial charge >= 0.3 is 5.69 Å². The summed E-state index contributed by atoms with van der Waals surface area (Å²) in [5.41, 5.74) is 0.110. The monoisotopic (exact) mass is 267 g/mol. The number of imidazole rings is 1. The molecule has 0 amide bonds. The molecule has 0 saturated heterocycles. The molecule has 0 spiro atoms. The van der Waals surface area contributed by atoms with Crippen LogP contribution < -0.4 is 11.0 Å². The summed E-state index contributed by atoms with van der Waals surface area (Å²) >= 11 is 0. The van der Waals surface area contributed by atoms with Crippen LogP contribution in [0, 0.1) is 5.92 Å². The van der Waals surface area contributed by atoms with Crippen LogP contribution in [0.5, 0.6) is 0 Å². The summed E-state index contributed by atoms with van der Waals surface area (Å²) < 4.78 is 3.57. The number of rotatable bonds is 9. The fourth-order valence-electron chi connectivity index (χ4n) is 2.15. The van der Waals surface area contributed by atoms with Crippen molar-refractivity contribution >= 4 is 0 Å². The summed E-state index contributed by atoms with van der Waals surface area (Å²) in [7, 11) is 0. The van der Waals surface area contributed by atoms with Gasteiger partial charge in [-0.15, -0.1) is 0 Å². The van der Waals surface area contributed by atoms with E-state index in [1.807, 2.05) is 12.4 Å². The molecule has 4 nitrogen and oxygen atoms in total. The molecule has 4 heteroatoms. The number of nitrogens with one attached hydrogen (secondary N) is 1. The Hall–Kier alpha value is -1.03. The maximum absolute atomic E-state index is 11.9. The number of hydrogen-bond acceptors (Lipinski definition) is 2. The van der Waals surface area contributed by atoms with Gasteiger partial charge in [-0.2, -0.15) is 0 Å². The van der Waals surface area contributed by atoms with Crippen LogP contribution in [0.2, 0.25) is 0 Å². The van der Waals surface area contributed by atoms with Gasteiger partial charge in [0, 0.05) is 38.1 Å². The van der Waals surface area contributed by atoms with Crippen molar-refractivity contribution in [1.82, 2.24) is 14.5 Å². The normalized spacial score (nSPS) is 13.1. The molecule has 1 aromatic heterocycles. The summed E-state index contributed by atoms with van der Waals surface area (Å²) in [5.74, 6) is 0.759. The first kappa shape index (κ1) is 16.0. The Kier molecular flexibility index (Phi) is 6.92. The van der Waals surface area contributed by atoms with Crippen LogP contribution in [0.1, 0.15) is 47.0 Å². The minimum atomic E-state index is 0.110. The van der Waals surface area contributed by atoms with E-state index in [1.165, 1.54) is 12.8 Å². The van der Waals surface area contributed by atoms with E-state index >= 15 is 0 Å². The molecule has 1 rings (SSSR count). The summed E-state index contributed by atoms with van der Waals surface area (Å²) in [5, 5.41) is 3.49. The fraction of sp³-hybridized carbons (Fsp3) is 0.800. The van der Waals surface area contributed by atoms with Gasteiger partial charge in [-0.05, 0) is 32.1 Å². The second-order valence-corrected chi connectivity index (χ2v) is 5.79. The third kappa shape index (κ3) is 5.64. The van der Waals surface area contributed by atoms with Crippen molar-refractivity contribution in [2.75, 3.05) is 6.54 Å². The third-order valence-corrected chi connectivity index (χ3v) is 3.41. The molecule has 1 atom stereocenters. The van der Waals surface area contributed by atoms with Gasteiger partial charge in [0.05, 0.1) is 0 Å². The van der Waals surface area contributed by atoms with Crippen molar-refractivity contribution in [3.8, 4) is 0 Å². The smallest absolute Gasteiger partial charge is 0.312 e. The highest BCUT2D eigenvalue weighted by molar-refractivity contribution is 4.81. The third-order valence-electron chi connectivity index (χ3n) is 3.41. The van der Waals surface area contributed by atoms with Crippen LogP contribution in [0.15, 0.2) is 17.2 Å². The quantitative estimate of drug-likeness (QED) is 0.746. The highest BCUT2D eigenvalue weighted by Gasteiger charge is 2.05. The molecule has 0 aliphatic rings. The van der Waals surface area contributed by atoms with Gasteiger partial charge in [-0.1, -0.05) is 20.8 Å². The Balaban J connectivity index is 2.31. The summed E-state index contributed by atoms with van der Waals surface area (Å²) in [6.07, 6.45) is 7.21. The van der Waals surface area contributed by atoms with E-state index in [2.05, 4.69) is 33.0 Å². The molecule has 0 bridgehead atoms. The highest BCUT2D eigenvalue weighted by Crippen LogP contribution is 2.05. The molecule has 19 heavy (non-hydrogen) atoms. The zero-order chi connectivity index (χ0) is 14.3. The Morgan fingerprint density at radius 2 is 1.74 bits per heavy atom. The van der Waals surface area contributed by atoms with E-state index in [0.29, 0.717) is 6.04 Å². The average molecular weight is 267 g/mol. The highest BCUT2D eigenvalue weighted by atomic mass is 16.1. The summed E-state index contributed by atoms with van der Waals surface area (Å²) in [4.78, 5) is 11.9. The molecule has 110 valence electrons. The lowest BCUT2D eigenvalue weighted by Crippen LogP contribution is -2.32. The Labute approximate surface area is 116 Å². The van der Waals surface area contributed by atoms with Crippen molar-refractivity contribution in [2.45, 2.75) is 66.1 Å². The second kappa shape index (κ2) is 8.20. The lowest BCUT2D eigenvalue weighted by molar-refractivity contribution is 0.438. The molecule has 1 unspecified atom stereocenters. The SMILES string of the molecule is CCCn1ccn(CCNC(C)CCC(C)C)c1=O. The first-order valence-electron chi connectivity index (χ1n) is 7.53. The fourth-order valence-corrected chi connectivity index (χ4v) is 2.15. The average Bonchev–Trinajstić information content (AvgIpc) is 2.70. The van der Waals surface area contributed by atoms with E-state index in [4.69, 9.17) is 0 Å². The van der Waals surface area contributed by atoms with Crippen LogP contribution in [-0.4, -0.2) is 21.7 Å². The molecule has 1 aromatic rings. The number of nitrogens with zero attached hydrogens (tertiary/aromatic N) is 2. The number of aryl methyl sites for hydroxylation is 1. The van der Waals surface area contributed by atoms with Crippen LogP contribution >= 0.6 is 0 Å². The molecule has 0 aliphatic carbocycles. The Morgan fingerprint density at radius 1 is 1.11 bits per heavy atom. The molecule has 0 aliphatic heterocycles. The lowest BCUT2D eigenvalue weighted by Gasteiger charge is -2.14. The van der Waals surface area contributed by atoms with E-state index < -0.39 is 0 Å². The minimum absolute atomic E-state index is 0.110. The van der Waals surface area contributed by atoms with Crippen LogP contribution in [0.4, 0.5) is 0 Å². The summed E-state index contributed by atoms with van der Waals surface area (Å²) in [6.45, 7) is 11.2. The van der Waals surface area contributed by atoms with Crippen LogP contribution in [-0.2, 0) is 13.1 Å². The van der Waals surface area contributed by atoms with E-state index in [1.54, 1.807) is 9.13 Å². The van der Waals surface area contributed by atoms with Gasteiger partial charge in [0.1, 0.15) is 0 Å². The van der Waals surface area contributed by atoms with Gasteiger partial charge in [0.15, 0.2) is 0 Å². The van der Waals surface area contributed by atoms with Crippen molar-refractivity contribution in [2.24, 2.45) is 5.92 Å². The Bertz CT molecular complexity index is 406. The van der Waals surface area contributed by atoms with Crippen molar-refractivity contribution in [1.29, 1.82) is 0 Å². The maximum atomic E-state index is 11.9. The first-order valence-corrected chi connectivity index (χ1v) is 7.53. The van der Waals surface area contributed by atoms with Crippen molar-refractivity contribution < 1.29 is 0 Å². The molecular formula is C15H29N3O. The second-order valence-electron chi connectivity index (χ2n) is 5.79. The molecule has 0 radical (unpaired) electrons. The predicted octanol–water partition coefficient (Wildman–Crippen LogP) is 2.47. The first-order chi connectivity index (χ1) is 9.04. The van der Waals surface area contributed by atoms with Crippen molar-refractivity contribution in [3.63, 3.8) is 0 Å². The number of aromatic nitrogens is 2. The molecule has 0 aromatic carbocycles. The van der Waals surface area contributed by atoms with Gasteiger partial charge in [-0.25, -0.2) is 4.79 Å². The summed E-state index contributed by atoms with van der Waals surface area (Å²) in [6, 6.07) is 0.524. The Morgan fingerprint density at radius 3 is 2.32 bits per heavy atom. The molecule has 0 saturated carbocycles. The molecule has 0 fully saturated rings. The maximum Gasteiger partial charge on any atom is 0.328 e. The van der Waals surface area contributed by atoms with Gasteiger partial charge in [-0.3, -0.25) is 9.13 Å². The van der Waals surface area contributed by atoms with Crippen LogP contribution in [0.3, 0.4) is 0 Å². The lowest BCUT2D eigenvalue weighted by atomic mass is 10.0.